The molecule has 0 radical (unpaired) electrons. The van der Waals surface area contributed by atoms with Crippen LogP contribution in [0.3, 0.4) is 0 Å². The minimum absolute atomic E-state index is 0.123. The van der Waals surface area contributed by atoms with Gasteiger partial charge in [0.05, 0.1) is 5.69 Å². The fourth-order valence-corrected chi connectivity index (χ4v) is 2.68. The summed E-state index contributed by atoms with van der Waals surface area (Å²) in [6.45, 7) is 0.963. The van der Waals surface area contributed by atoms with Crippen molar-refractivity contribution in [3.63, 3.8) is 0 Å². The van der Waals surface area contributed by atoms with Gasteiger partial charge in [0.15, 0.2) is 0 Å². The number of aliphatic hydroxyl groups is 1. The molecule has 0 saturated heterocycles. The molecule has 0 bridgehead atoms. The Hall–Kier alpha value is -1.15. The number of aliphatic hydroxyl groups excluding tert-OH is 1. The van der Waals surface area contributed by atoms with Crippen LogP contribution in [0.4, 0.5) is 5.69 Å². The molecule has 114 valence electrons. The Morgan fingerprint density at radius 3 is 2.75 bits per heavy atom. The standard InChI is InChI=1S/C13H23N3O3S/c1-16(9-4-8-14)20(18,19)15-13-7-2-5-12(11-13)6-3-10-17/h2,5,7,11,15,17H,3-4,6,8-10,14H2,1H3. The normalized spacial score (nSPS) is 11.8. The van der Waals surface area contributed by atoms with E-state index in [0.717, 1.165) is 12.0 Å². The van der Waals surface area contributed by atoms with Crippen LogP contribution in [-0.4, -0.2) is 44.6 Å². The summed E-state index contributed by atoms with van der Waals surface area (Å²) in [5.41, 5.74) is 6.89. The van der Waals surface area contributed by atoms with Crippen molar-refractivity contribution in [3.8, 4) is 0 Å². The van der Waals surface area contributed by atoms with E-state index < -0.39 is 10.2 Å². The lowest BCUT2D eigenvalue weighted by Gasteiger charge is -2.18. The second kappa shape index (κ2) is 8.21. The molecular formula is C13H23N3O3S. The highest BCUT2D eigenvalue weighted by Crippen LogP contribution is 2.14. The van der Waals surface area contributed by atoms with Crippen LogP contribution in [0.15, 0.2) is 24.3 Å². The molecule has 0 fully saturated rings. The van der Waals surface area contributed by atoms with Crippen LogP contribution in [0.5, 0.6) is 0 Å². The Morgan fingerprint density at radius 1 is 1.35 bits per heavy atom. The number of rotatable bonds is 9. The average Bonchev–Trinajstić information content (AvgIpc) is 2.42. The molecule has 0 aliphatic heterocycles. The maximum absolute atomic E-state index is 12.1. The fourth-order valence-electron chi connectivity index (χ4n) is 1.73. The molecule has 1 aromatic carbocycles. The van der Waals surface area contributed by atoms with Gasteiger partial charge in [-0.05, 0) is 43.5 Å². The second-order valence-corrected chi connectivity index (χ2v) is 6.38. The van der Waals surface area contributed by atoms with E-state index in [0.29, 0.717) is 31.6 Å². The van der Waals surface area contributed by atoms with Gasteiger partial charge in [0.1, 0.15) is 0 Å². The third-order valence-corrected chi connectivity index (χ3v) is 4.38. The van der Waals surface area contributed by atoms with Gasteiger partial charge in [-0.2, -0.15) is 12.7 Å². The minimum atomic E-state index is -3.54. The van der Waals surface area contributed by atoms with Crippen molar-refractivity contribution >= 4 is 15.9 Å². The van der Waals surface area contributed by atoms with Crippen molar-refractivity contribution in [2.75, 3.05) is 31.5 Å². The summed E-state index contributed by atoms with van der Waals surface area (Å²) < 4.78 is 27.9. The van der Waals surface area contributed by atoms with Crippen LogP contribution in [0, 0.1) is 0 Å². The quantitative estimate of drug-likeness (QED) is 0.620. The molecule has 0 saturated carbocycles. The lowest BCUT2D eigenvalue weighted by Crippen LogP contribution is -2.34. The molecule has 7 heteroatoms. The molecule has 0 heterocycles. The lowest BCUT2D eigenvalue weighted by molar-refractivity contribution is 0.288. The Bertz CT molecular complexity index is 505. The SMILES string of the molecule is CN(CCCN)S(=O)(=O)Nc1cccc(CCCO)c1. The van der Waals surface area contributed by atoms with Crippen LogP contribution in [0.1, 0.15) is 18.4 Å². The lowest BCUT2D eigenvalue weighted by atomic mass is 10.1. The van der Waals surface area contributed by atoms with Gasteiger partial charge in [-0.25, -0.2) is 0 Å². The highest BCUT2D eigenvalue weighted by molar-refractivity contribution is 7.90. The molecule has 0 aromatic heterocycles. The molecule has 1 rings (SSSR count). The zero-order chi connectivity index (χ0) is 15.0. The van der Waals surface area contributed by atoms with Crippen molar-refractivity contribution in [2.45, 2.75) is 19.3 Å². The fraction of sp³-hybridized carbons (Fsp3) is 0.538. The predicted octanol–water partition coefficient (Wildman–Crippen LogP) is 0.549. The largest absolute Gasteiger partial charge is 0.396 e. The van der Waals surface area contributed by atoms with E-state index in [1.54, 1.807) is 18.2 Å². The molecule has 0 atom stereocenters. The van der Waals surface area contributed by atoms with Gasteiger partial charge in [0.2, 0.25) is 0 Å². The van der Waals surface area contributed by atoms with Gasteiger partial charge in [-0.15, -0.1) is 0 Å². The highest BCUT2D eigenvalue weighted by Gasteiger charge is 2.16. The van der Waals surface area contributed by atoms with Crippen LogP contribution < -0.4 is 10.5 Å². The Labute approximate surface area is 120 Å². The first-order valence-electron chi connectivity index (χ1n) is 6.63. The smallest absolute Gasteiger partial charge is 0.301 e. The van der Waals surface area contributed by atoms with Crippen LogP contribution in [0.25, 0.3) is 0 Å². The van der Waals surface area contributed by atoms with Crippen molar-refractivity contribution in [3.05, 3.63) is 29.8 Å². The Kier molecular flexibility index (Phi) is 6.94. The Balaban J connectivity index is 2.71. The van der Waals surface area contributed by atoms with E-state index in [2.05, 4.69) is 4.72 Å². The van der Waals surface area contributed by atoms with Gasteiger partial charge >= 0.3 is 10.2 Å². The van der Waals surface area contributed by atoms with Gasteiger partial charge in [0.25, 0.3) is 0 Å². The Morgan fingerprint density at radius 2 is 2.10 bits per heavy atom. The number of nitrogens with zero attached hydrogens (tertiary/aromatic N) is 1. The summed E-state index contributed by atoms with van der Waals surface area (Å²) in [4.78, 5) is 0. The van der Waals surface area contributed by atoms with E-state index in [9.17, 15) is 8.42 Å². The van der Waals surface area contributed by atoms with Crippen molar-refractivity contribution in [2.24, 2.45) is 5.73 Å². The summed E-state index contributed by atoms with van der Waals surface area (Å²) in [5.74, 6) is 0. The van der Waals surface area contributed by atoms with E-state index in [1.807, 2.05) is 6.07 Å². The van der Waals surface area contributed by atoms with Gasteiger partial charge < -0.3 is 10.8 Å². The number of nitrogens with one attached hydrogen (secondary N) is 1. The topological polar surface area (TPSA) is 95.7 Å². The number of aryl methyl sites for hydroxylation is 1. The number of nitrogens with two attached hydrogens (primary N) is 1. The summed E-state index contributed by atoms with van der Waals surface area (Å²) >= 11 is 0. The molecule has 0 aliphatic rings. The minimum Gasteiger partial charge on any atom is -0.396 e. The van der Waals surface area contributed by atoms with E-state index in [-0.39, 0.29) is 6.61 Å². The number of hydrogen-bond donors (Lipinski definition) is 3. The molecule has 1 aromatic rings. The van der Waals surface area contributed by atoms with Crippen LogP contribution >= 0.6 is 0 Å². The number of hydrogen-bond acceptors (Lipinski definition) is 4. The molecule has 0 unspecified atom stereocenters. The van der Waals surface area contributed by atoms with E-state index in [4.69, 9.17) is 10.8 Å². The van der Waals surface area contributed by atoms with Crippen molar-refractivity contribution < 1.29 is 13.5 Å². The maximum Gasteiger partial charge on any atom is 0.301 e. The zero-order valence-electron chi connectivity index (χ0n) is 11.7. The maximum atomic E-state index is 12.1. The zero-order valence-corrected chi connectivity index (χ0v) is 12.6. The highest BCUT2D eigenvalue weighted by atomic mass is 32.2. The summed E-state index contributed by atoms with van der Waals surface area (Å²) in [7, 11) is -2.02. The molecule has 6 nitrogen and oxygen atoms in total. The second-order valence-electron chi connectivity index (χ2n) is 4.60. The summed E-state index contributed by atoms with van der Waals surface area (Å²) in [5, 5.41) is 8.81. The third-order valence-electron chi connectivity index (χ3n) is 2.88. The average molecular weight is 301 g/mol. The first-order valence-corrected chi connectivity index (χ1v) is 8.07. The van der Waals surface area contributed by atoms with Crippen LogP contribution in [0.2, 0.25) is 0 Å². The van der Waals surface area contributed by atoms with Gasteiger partial charge in [-0.3, -0.25) is 4.72 Å². The number of benzene rings is 1. The monoisotopic (exact) mass is 301 g/mol. The van der Waals surface area contributed by atoms with Gasteiger partial charge in [-0.1, -0.05) is 12.1 Å². The molecular weight excluding hydrogens is 278 g/mol. The molecule has 4 N–H and O–H groups in total. The first-order chi connectivity index (χ1) is 9.49. The predicted molar refractivity (Wildman–Crippen MR) is 80.7 cm³/mol. The first kappa shape index (κ1) is 16.9. The van der Waals surface area contributed by atoms with Crippen molar-refractivity contribution in [1.29, 1.82) is 0 Å². The molecule has 20 heavy (non-hydrogen) atoms. The molecule has 0 spiro atoms. The van der Waals surface area contributed by atoms with E-state index in [1.165, 1.54) is 11.4 Å². The summed E-state index contributed by atoms with van der Waals surface area (Å²) in [6, 6.07) is 7.19. The van der Waals surface area contributed by atoms with Crippen molar-refractivity contribution in [1.82, 2.24) is 4.31 Å². The molecule has 0 aliphatic carbocycles. The number of anilines is 1. The molecule has 0 amide bonds. The van der Waals surface area contributed by atoms with E-state index >= 15 is 0 Å². The van der Waals surface area contributed by atoms with Gasteiger partial charge in [0, 0.05) is 20.2 Å². The third kappa shape index (κ3) is 5.46. The summed E-state index contributed by atoms with van der Waals surface area (Å²) in [6.07, 6.45) is 2.00. The van der Waals surface area contributed by atoms with Crippen LogP contribution in [-0.2, 0) is 16.6 Å².